The standard InChI is InChI=1S/C12H10N4O2S/c1-8-4-10(16-18-8)15-11(17)7-19-12-5-9(6-13)2-3-14-12/h2-5H,7H2,1H3,(H,15,16,17). The van der Waals surface area contributed by atoms with Crippen LogP contribution in [0.2, 0.25) is 0 Å². The minimum absolute atomic E-state index is 0.188. The number of rotatable bonds is 4. The first-order chi connectivity index (χ1) is 9.17. The van der Waals surface area contributed by atoms with Gasteiger partial charge in [0.25, 0.3) is 0 Å². The van der Waals surface area contributed by atoms with Gasteiger partial charge in [-0.25, -0.2) is 4.98 Å². The Morgan fingerprint density at radius 2 is 2.42 bits per heavy atom. The van der Waals surface area contributed by atoms with Crippen LogP contribution in [0.5, 0.6) is 0 Å². The number of nitrogens with zero attached hydrogens (tertiary/aromatic N) is 3. The van der Waals surface area contributed by atoms with Crippen LogP contribution in [-0.4, -0.2) is 21.8 Å². The van der Waals surface area contributed by atoms with E-state index in [0.717, 1.165) is 0 Å². The highest BCUT2D eigenvalue weighted by molar-refractivity contribution is 7.99. The summed E-state index contributed by atoms with van der Waals surface area (Å²) in [5.41, 5.74) is 0.519. The van der Waals surface area contributed by atoms with Gasteiger partial charge in [-0.15, -0.1) is 0 Å². The average Bonchev–Trinajstić information content (AvgIpc) is 2.82. The molecule has 0 spiro atoms. The highest BCUT2D eigenvalue weighted by atomic mass is 32.2. The molecule has 2 rings (SSSR count). The van der Waals surface area contributed by atoms with Crippen LogP contribution in [0.3, 0.4) is 0 Å². The highest BCUT2D eigenvalue weighted by Gasteiger charge is 2.07. The molecule has 0 saturated heterocycles. The summed E-state index contributed by atoms with van der Waals surface area (Å²) in [6, 6.07) is 6.91. The second-order valence-electron chi connectivity index (χ2n) is 3.65. The van der Waals surface area contributed by atoms with Gasteiger partial charge in [0.2, 0.25) is 5.91 Å². The van der Waals surface area contributed by atoms with E-state index in [-0.39, 0.29) is 11.7 Å². The second kappa shape index (κ2) is 6.02. The third kappa shape index (κ3) is 3.82. The van der Waals surface area contributed by atoms with E-state index in [1.807, 2.05) is 6.07 Å². The zero-order chi connectivity index (χ0) is 13.7. The first-order valence-electron chi connectivity index (χ1n) is 5.39. The Morgan fingerprint density at radius 3 is 3.11 bits per heavy atom. The lowest BCUT2D eigenvalue weighted by Crippen LogP contribution is -2.14. The molecule has 2 aromatic rings. The van der Waals surface area contributed by atoms with Crippen LogP contribution in [0, 0.1) is 18.3 Å². The van der Waals surface area contributed by atoms with E-state index in [1.54, 1.807) is 31.3 Å². The van der Waals surface area contributed by atoms with Crippen molar-refractivity contribution in [3.8, 4) is 6.07 Å². The molecule has 0 radical (unpaired) electrons. The van der Waals surface area contributed by atoms with E-state index < -0.39 is 0 Å². The van der Waals surface area contributed by atoms with E-state index in [4.69, 9.17) is 9.78 Å². The lowest BCUT2D eigenvalue weighted by Gasteiger charge is -2.01. The maximum Gasteiger partial charge on any atom is 0.236 e. The number of nitriles is 1. The number of thioether (sulfide) groups is 1. The molecule has 0 aliphatic carbocycles. The monoisotopic (exact) mass is 274 g/mol. The van der Waals surface area contributed by atoms with E-state index in [9.17, 15) is 4.79 Å². The van der Waals surface area contributed by atoms with Crippen LogP contribution < -0.4 is 5.32 Å². The summed E-state index contributed by atoms with van der Waals surface area (Å²) in [6.07, 6.45) is 1.54. The Hall–Kier alpha value is -2.33. The Morgan fingerprint density at radius 1 is 1.58 bits per heavy atom. The molecule has 0 aromatic carbocycles. The lowest BCUT2D eigenvalue weighted by atomic mass is 10.3. The summed E-state index contributed by atoms with van der Waals surface area (Å²) in [6.45, 7) is 1.74. The molecule has 1 N–H and O–H groups in total. The third-order valence-corrected chi connectivity index (χ3v) is 3.04. The molecular formula is C12H10N4O2S. The molecule has 1 amide bonds. The van der Waals surface area contributed by atoms with Gasteiger partial charge in [0, 0.05) is 12.3 Å². The molecule has 2 aromatic heterocycles. The topological polar surface area (TPSA) is 91.8 Å². The van der Waals surface area contributed by atoms with Crippen LogP contribution in [-0.2, 0) is 4.79 Å². The van der Waals surface area contributed by atoms with E-state index in [2.05, 4.69) is 15.5 Å². The van der Waals surface area contributed by atoms with Crippen molar-refractivity contribution < 1.29 is 9.32 Å². The molecule has 0 aliphatic heterocycles. The minimum atomic E-state index is -0.206. The van der Waals surface area contributed by atoms with Gasteiger partial charge in [-0.2, -0.15) is 5.26 Å². The Balaban J connectivity index is 1.88. The Kier molecular flexibility index (Phi) is 4.15. The lowest BCUT2D eigenvalue weighted by molar-refractivity contribution is -0.113. The highest BCUT2D eigenvalue weighted by Crippen LogP contribution is 2.16. The Bertz CT molecular complexity index is 633. The Labute approximate surface area is 113 Å². The summed E-state index contributed by atoms with van der Waals surface area (Å²) in [4.78, 5) is 15.7. The molecule has 0 atom stereocenters. The molecule has 0 fully saturated rings. The van der Waals surface area contributed by atoms with Gasteiger partial charge in [-0.3, -0.25) is 4.79 Å². The summed E-state index contributed by atoms with van der Waals surface area (Å²) in [7, 11) is 0. The molecule has 19 heavy (non-hydrogen) atoms. The van der Waals surface area contributed by atoms with Crippen LogP contribution in [0.4, 0.5) is 5.82 Å². The molecule has 7 heteroatoms. The number of hydrogen-bond acceptors (Lipinski definition) is 6. The zero-order valence-corrected chi connectivity index (χ0v) is 10.9. The van der Waals surface area contributed by atoms with Gasteiger partial charge in [-0.05, 0) is 19.1 Å². The third-order valence-electron chi connectivity index (χ3n) is 2.11. The zero-order valence-electron chi connectivity index (χ0n) is 10.1. The molecule has 0 aliphatic rings. The molecule has 96 valence electrons. The van der Waals surface area contributed by atoms with Crippen molar-refractivity contribution in [2.75, 3.05) is 11.1 Å². The molecule has 0 bridgehead atoms. The predicted molar refractivity (Wildman–Crippen MR) is 69.5 cm³/mol. The van der Waals surface area contributed by atoms with E-state index in [0.29, 0.717) is 22.2 Å². The quantitative estimate of drug-likeness (QED) is 0.857. The number of amides is 1. The van der Waals surface area contributed by atoms with E-state index >= 15 is 0 Å². The summed E-state index contributed by atoms with van der Waals surface area (Å²) in [5.74, 6) is 1.00. The van der Waals surface area contributed by atoms with Crippen LogP contribution >= 0.6 is 11.8 Å². The van der Waals surface area contributed by atoms with Crippen molar-refractivity contribution in [1.29, 1.82) is 5.26 Å². The number of hydrogen-bond donors (Lipinski definition) is 1. The molecule has 6 nitrogen and oxygen atoms in total. The fourth-order valence-electron chi connectivity index (χ4n) is 1.30. The van der Waals surface area contributed by atoms with Crippen molar-refractivity contribution in [2.45, 2.75) is 11.9 Å². The fourth-order valence-corrected chi connectivity index (χ4v) is 2.00. The minimum Gasteiger partial charge on any atom is -0.360 e. The van der Waals surface area contributed by atoms with Gasteiger partial charge < -0.3 is 9.84 Å². The van der Waals surface area contributed by atoms with E-state index in [1.165, 1.54) is 11.8 Å². The van der Waals surface area contributed by atoms with Crippen molar-refractivity contribution in [1.82, 2.24) is 10.1 Å². The maximum atomic E-state index is 11.6. The van der Waals surface area contributed by atoms with Gasteiger partial charge >= 0.3 is 0 Å². The van der Waals surface area contributed by atoms with Crippen LogP contribution in [0.1, 0.15) is 11.3 Å². The predicted octanol–water partition coefficient (Wildman–Crippen LogP) is 1.98. The maximum absolute atomic E-state index is 11.6. The number of aromatic nitrogens is 2. The summed E-state index contributed by atoms with van der Waals surface area (Å²) < 4.78 is 4.84. The fraction of sp³-hybridized carbons (Fsp3) is 0.167. The summed E-state index contributed by atoms with van der Waals surface area (Å²) >= 11 is 1.25. The molecule has 2 heterocycles. The van der Waals surface area contributed by atoms with Crippen molar-refractivity contribution in [3.05, 3.63) is 35.7 Å². The van der Waals surface area contributed by atoms with Gasteiger partial charge in [0.1, 0.15) is 5.76 Å². The van der Waals surface area contributed by atoms with Crippen molar-refractivity contribution >= 4 is 23.5 Å². The van der Waals surface area contributed by atoms with Gasteiger partial charge in [0.15, 0.2) is 5.82 Å². The van der Waals surface area contributed by atoms with Crippen molar-refractivity contribution in [2.24, 2.45) is 0 Å². The number of nitrogens with one attached hydrogen (secondary N) is 1. The first kappa shape index (κ1) is 13.1. The number of pyridine rings is 1. The molecule has 0 unspecified atom stereocenters. The largest absolute Gasteiger partial charge is 0.360 e. The average molecular weight is 274 g/mol. The van der Waals surface area contributed by atoms with Gasteiger partial charge in [-0.1, -0.05) is 16.9 Å². The first-order valence-corrected chi connectivity index (χ1v) is 6.38. The normalized spacial score (nSPS) is 9.89. The smallest absolute Gasteiger partial charge is 0.236 e. The molecular weight excluding hydrogens is 264 g/mol. The van der Waals surface area contributed by atoms with Crippen molar-refractivity contribution in [3.63, 3.8) is 0 Å². The summed E-state index contributed by atoms with van der Waals surface area (Å²) in [5, 5.41) is 15.6. The second-order valence-corrected chi connectivity index (χ2v) is 4.65. The number of aryl methyl sites for hydroxylation is 1. The van der Waals surface area contributed by atoms with Gasteiger partial charge in [0.05, 0.1) is 22.4 Å². The van der Waals surface area contributed by atoms with Crippen LogP contribution in [0.15, 0.2) is 33.9 Å². The number of anilines is 1. The van der Waals surface area contributed by atoms with Crippen LogP contribution in [0.25, 0.3) is 0 Å². The molecule has 0 saturated carbocycles. The number of carbonyl (C=O) groups is 1. The SMILES string of the molecule is Cc1cc(NC(=O)CSc2cc(C#N)ccn2)no1. The number of carbonyl (C=O) groups excluding carboxylic acids is 1.